The predicted octanol–water partition coefficient (Wildman–Crippen LogP) is 0.264. The van der Waals surface area contributed by atoms with E-state index in [0.29, 0.717) is 18.8 Å². The molecule has 0 aliphatic rings. The van der Waals surface area contributed by atoms with Crippen LogP contribution in [0.3, 0.4) is 0 Å². The SMILES string of the molecule is CN(C)/C=N\c1[nH]nc(OCCCO)c1C#N. The Morgan fingerprint density at radius 2 is 2.41 bits per heavy atom. The van der Waals surface area contributed by atoms with Crippen molar-refractivity contribution in [3.8, 4) is 11.9 Å². The summed E-state index contributed by atoms with van der Waals surface area (Å²) in [5.41, 5.74) is 0.265. The van der Waals surface area contributed by atoms with Crippen molar-refractivity contribution in [1.82, 2.24) is 15.1 Å². The lowest BCUT2D eigenvalue weighted by Crippen LogP contribution is -2.07. The first-order chi connectivity index (χ1) is 8.19. The minimum atomic E-state index is 0.0396. The molecule has 0 bridgehead atoms. The molecule has 1 heterocycles. The molecule has 0 fully saturated rings. The van der Waals surface area contributed by atoms with E-state index < -0.39 is 0 Å². The molecule has 2 N–H and O–H groups in total. The largest absolute Gasteiger partial charge is 0.476 e. The van der Waals surface area contributed by atoms with Gasteiger partial charge < -0.3 is 14.7 Å². The number of aromatic amines is 1. The van der Waals surface area contributed by atoms with Crippen LogP contribution in [0.25, 0.3) is 0 Å². The van der Waals surface area contributed by atoms with Crippen molar-refractivity contribution in [3.05, 3.63) is 5.56 Å². The van der Waals surface area contributed by atoms with E-state index in [1.165, 1.54) is 0 Å². The molecule has 0 amide bonds. The number of aliphatic hydroxyl groups excluding tert-OH is 1. The molecule has 0 saturated heterocycles. The van der Waals surface area contributed by atoms with Crippen molar-refractivity contribution >= 4 is 12.2 Å². The van der Waals surface area contributed by atoms with Crippen molar-refractivity contribution in [1.29, 1.82) is 5.26 Å². The van der Waals surface area contributed by atoms with Crippen LogP contribution in [0.15, 0.2) is 4.99 Å². The molecule has 0 saturated carbocycles. The molecule has 0 aromatic carbocycles. The van der Waals surface area contributed by atoms with Crippen molar-refractivity contribution in [2.24, 2.45) is 4.99 Å². The van der Waals surface area contributed by atoms with Gasteiger partial charge in [0.2, 0.25) is 0 Å². The molecule has 17 heavy (non-hydrogen) atoms. The number of aromatic nitrogens is 2. The topological polar surface area (TPSA) is 97.5 Å². The van der Waals surface area contributed by atoms with Gasteiger partial charge in [0.25, 0.3) is 5.88 Å². The van der Waals surface area contributed by atoms with Crippen molar-refractivity contribution in [2.45, 2.75) is 6.42 Å². The van der Waals surface area contributed by atoms with Crippen LogP contribution in [-0.4, -0.2) is 53.9 Å². The lowest BCUT2D eigenvalue weighted by Gasteiger charge is -2.01. The number of nitrogens with zero attached hydrogens (tertiary/aromatic N) is 4. The fourth-order valence-corrected chi connectivity index (χ4v) is 1.02. The predicted molar refractivity (Wildman–Crippen MR) is 62.3 cm³/mol. The monoisotopic (exact) mass is 237 g/mol. The summed E-state index contributed by atoms with van der Waals surface area (Å²) in [4.78, 5) is 5.80. The van der Waals surface area contributed by atoms with Gasteiger partial charge in [-0.2, -0.15) is 5.26 Å². The number of H-pyrrole nitrogens is 1. The number of aliphatic imine (C=N–C) groups is 1. The van der Waals surface area contributed by atoms with Crippen molar-refractivity contribution in [3.63, 3.8) is 0 Å². The molecule has 0 radical (unpaired) electrons. The number of hydrogen-bond donors (Lipinski definition) is 2. The second-order valence-corrected chi connectivity index (χ2v) is 3.50. The van der Waals surface area contributed by atoms with Gasteiger partial charge in [0, 0.05) is 27.1 Å². The Balaban J connectivity index is 2.77. The number of aliphatic hydroxyl groups is 1. The summed E-state index contributed by atoms with van der Waals surface area (Å²) in [6.07, 6.45) is 2.06. The van der Waals surface area contributed by atoms with E-state index in [-0.39, 0.29) is 18.1 Å². The van der Waals surface area contributed by atoms with Crippen LogP contribution in [-0.2, 0) is 0 Å². The van der Waals surface area contributed by atoms with Gasteiger partial charge in [0.1, 0.15) is 6.07 Å². The quantitative estimate of drug-likeness (QED) is 0.420. The standard InChI is InChI=1S/C10H15N5O2/c1-15(2)7-12-9-8(6-11)10(14-13-9)17-5-3-4-16/h7,16H,3-5H2,1-2H3,(H,13,14)/b12-7-. The Morgan fingerprint density at radius 3 is 3.00 bits per heavy atom. The van der Waals surface area contributed by atoms with E-state index in [1.807, 2.05) is 20.2 Å². The highest BCUT2D eigenvalue weighted by Crippen LogP contribution is 2.24. The highest BCUT2D eigenvalue weighted by Gasteiger charge is 2.13. The minimum absolute atomic E-state index is 0.0396. The zero-order chi connectivity index (χ0) is 12.7. The van der Waals surface area contributed by atoms with Gasteiger partial charge in [-0.05, 0) is 0 Å². The van der Waals surface area contributed by atoms with Gasteiger partial charge in [-0.15, -0.1) is 5.10 Å². The van der Waals surface area contributed by atoms with Gasteiger partial charge in [0.15, 0.2) is 11.4 Å². The summed E-state index contributed by atoms with van der Waals surface area (Å²) in [6, 6.07) is 1.98. The third-order valence-corrected chi connectivity index (χ3v) is 1.78. The normalized spacial score (nSPS) is 10.5. The number of nitriles is 1. The van der Waals surface area contributed by atoms with E-state index in [4.69, 9.17) is 15.1 Å². The average Bonchev–Trinajstić information content (AvgIpc) is 2.69. The molecular weight excluding hydrogens is 222 g/mol. The maximum absolute atomic E-state index is 8.98. The Morgan fingerprint density at radius 1 is 1.65 bits per heavy atom. The summed E-state index contributed by atoms with van der Waals surface area (Å²) in [5, 5.41) is 24.1. The van der Waals surface area contributed by atoms with Crippen molar-refractivity contribution < 1.29 is 9.84 Å². The Kier molecular flexibility index (Phi) is 4.97. The Labute approximate surface area is 99.3 Å². The molecule has 0 aliphatic carbocycles. The highest BCUT2D eigenvalue weighted by molar-refractivity contribution is 5.64. The number of hydrogen-bond acceptors (Lipinski definition) is 5. The molecular formula is C10H15N5O2. The maximum atomic E-state index is 8.98. The van der Waals surface area contributed by atoms with Gasteiger partial charge in [0.05, 0.1) is 12.9 Å². The highest BCUT2D eigenvalue weighted by atomic mass is 16.5. The lowest BCUT2D eigenvalue weighted by molar-refractivity contribution is 0.229. The molecule has 7 nitrogen and oxygen atoms in total. The van der Waals surface area contributed by atoms with Crippen LogP contribution >= 0.6 is 0 Å². The number of ether oxygens (including phenoxy) is 1. The molecule has 1 aromatic rings. The molecule has 1 rings (SSSR count). The molecule has 7 heteroatoms. The van der Waals surface area contributed by atoms with E-state index in [2.05, 4.69) is 15.2 Å². The Bertz CT molecular complexity index is 419. The van der Waals surface area contributed by atoms with E-state index in [0.717, 1.165) is 0 Å². The van der Waals surface area contributed by atoms with Crippen LogP contribution in [0.4, 0.5) is 5.82 Å². The summed E-state index contributed by atoms with van der Waals surface area (Å²) < 4.78 is 5.24. The lowest BCUT2D eigenvalue weighted by atomic mass is 10.3. The van der Waals surface area contributed by atoms with Crippen LogP contribution in [0.2, 0.25) is 0 Å². The molecule has 92 valence electrons. The zero-order valence-electron chi connectivity index (χ0n) is 9.84. The second-order valence-electron chi connectivity index (χ2n) is 3.50. The van der Waals surface area contributed by atoms with E-state index in [1.54, 1.807) is 11.2 Å². The summed E-state index contributed by atoms with van der Waals surface area (Å²) in [7, 11) is 3.65. The van der Waals surface area contributed by atoms with Crippen molar-refractivity contribution in [2.75, 3.05) is 27.3 Å². The zero-order valence-corrected chi connectivity index (χ0v) is 9.84. The van der Waals surface area contributed by atoms with E-state index >= 15 is 0 Å². The minimum Gasteiger partial charge on any atom is -0.476 e. The maximum Gasteiger partial charge on any atom is 0.253 e. The second kappa shape index (κ2) is 6.50. The third-order valence-electron chi connectivity index (χ3n) is 1.78. The molecule has 0 aliphatic heterocycles. The van der Waals surface area contributed by atoms with Crippen LogP contribution in [0, 0.1) is 11.3 Å². The molecule has 1 aromatic heterocycles. The average molecular weight is 237 g/mol. The van der Waals surface area contributed by atoms with Crippen LogP contribution in [0.1, 0.15) is 12.0 Å². The third kappa shape index (κ3) is 3.77. The first kappa shape index (κ1) is 13.0. The van der Waals surface area contributed by atoms with E-state index in [9.17, 15) is 0 Å². The molecule has 0 unspecified atom stereocenters. The first-order valence-corrected chi connectivity index (χ1v) is 5.11. The van der Waals surface area contributed by atoms with Crippen LogP contribution < -0.4 is 4.74 Å². The van der Waals surface area contributed by atoms with Crippen LogP contribution in [0.5, 0.6) is 5.88 Å². The smallest absolute Gasteiger partial charge is 0.253 e. The van der Waals surface area contributed by atoms with Gasteiger partial charge in [-0.1, -0.05) is 0 Å². The number of nitrogens with one attached hydrogen (secondary N) is 1. The van der Waals surface area contributed by atoms with Gasteiger partial charge >= 0.3 is 0 Å². The van der Waals surface area contributed by atoms with Gasteiger partial charge in [-0.3, -0.25) is 5.10 Å². The summed E-state index contributed by atoms with van der Waals surface area (Å²) in [6.45, 7) is 0.352. The first-order valence-electron chi connectivity index (χ1n) is 5.11. The Hall–Kier alpha value is -2.07. The molecule has 0 atom stereocenters. The summed E-state index contributed by atoms with van der Waals surface area (Å²) in [5.74, 6) is 0.576. The molecule has 0 spiro atoms. The summed E-state index contributed by atoms with van der Waals surface area (Å²) >= 11 is 0. The fraction of sp³-hybridized carbons (Fsp3) is 0.500. The fourth-order valence-electron chi connectivity index (χ4n) is 1.02. The number of rotatable bonds is 6. The van der Waals surface area contributed by atoms with Gasteiger partial charge in [-0.25, -0.2) is 4.99 Å².